The minimum atomic E-state index is 0.896. The van der Waals surface area contributed by atoms with Crippen LogP contribution in [0.3, 0.4) is 0 Å². The van der Waals surface area contributed by atoms with E-state index in [4.69, 9.17) is 0 Å². The van der Waals surface area contributed by atoms with Gasteiger partial charge in [-0.15, -0.1) is 0 Å². The Labute approximate surface area is 70.9 Å². The molecule has 3 unspecified atom stereocenters. The van der Waals surface area contributed by atoms with Crippen LogP contribution in [0.4, 0.5) is 0 Å². The molecule has 0 aromatic heterocycles. The van der Waals surface area contributed by atoms with Gasteiger partial charge in [0.25, 0.3) is 0 Å². The van der Waals surface area contributed by atoms with Gasteiger partial charge in [0, 0.05) is 10.5 Å². The van der Waals surface area contributed by atoms with Gasteiger partial charge in [0.05, 0.1) is 0 Å². The molecule has 2 rings (SSSR count). The summed E-state index contributed by atoms with van der Waals surface area (Å²) in [7, 11) is 4.29. The Kier molecular flexibility index (Phi) is 1.94. The quantitative estimate of drug-likeness (QED) is 0.560. The first-order valence-electron chi connectivity index (χ1n) is 4.11. The Morgan fingerprint density at radius 3 is 2.30 bits per heavy atom. The van der Waals surface area contributed by atoms with Gasteiger partial charge in [0.15, 0.2) is 0 Å². The number of hydrogen-bond donors (Lipinski definition) is 0. The van der Waals surface area contributed by atoms with Gasteiger partial charge in [0.1, 0.15) is 0 Å². The van der Waals surface area contributed by atoms with E-state index in [1.54, 1.807) is 0 Å². The molecule has 3 atom stereocenters. The molecule has 0 radical (unpaired) electrons. The molecular formula is C8H14S2. The standard InChI is InChI=1S/C8H14S2/c1-5(2)8-6-3-4-7(6)9-10-8/h5-8H,3-4H2,1-2H3. The van der Waals surface area contributed by atoms with Gasteiger partial charge in [-0.25, -0.2) is 0 Å². The van der Waals surface area contributed by atoms with Crippen molar-refractivity contribution in [2.24, 2.45) is 11.8 Å². The second kappa shape index (κ2) is 2.63. The molecule has 10 heavy (non-hydrogen) atoms. The van der Waals surface area contributed by atoms with Crippen molar-refractivity contribution in [2.45, 2.75) is 37.2 Å². The molecule has 1 heterocycles. The molecule has 58 valence electrons. The molecule has 0 bridgehead atoms. The third-order valence-electron chi connectivity index (χ3n) is 2.63. The molecule has 2 aliphatic rings. The summed E-state index contributed by atoms with van der Waals surface area (Å²) in [6, 6.07) is 0. The van der Waals surface area contributed by atoms with Gasteiger partial charge in [-0.1, -0.05) is 35.4 Å². The van der Waals surface area contributed by atoms with E-state index in [2.05, 4.69) is 35.4 Å². The molecule has 2 heteroatoms. The first kappa shape index (κ1) is 7.35. The molecule has 0 N–H and O–H groups in total. The highest BCUT2D eigenvalue weighted by Crippen LogP contribution is 2.58. The van der Waals surface area contributed by atoms with E-state index in [9.17, 15) is 0 Å². The number of fused-ring (bicyclic) bond motifs is 1. The smallest absolute Gasteiger partial charge is 0.0213 e. The van der Waals surface area contributed by atoms with Gasteiger partial charge >= 0.3 is 0 Å². The van der Waals surface area contributed by atoms with E-state index >= 15 is 0 Å². The SMILES string of the molecule is CC(C)C1SSC2CCC21. The highest BCUT2D eigenvalue weighted by Gasteiger charge is 2.44. The zero-order chi connectivity index (χ0) is 7.14. The van der Waals surface area contributed by atoms with Crippen LogP contribution in [0, 0.1) is 11.8 Å². The fraction of sp³-hybridized carbons (Fsp3) is 1.00. The maximum absolute atomic E-state index is 2.36. The zero-order valence-corrected chi connectivity index (χ0v) is 8.17. The molecule has 0 amide bonds. The zero-order valence-electron chi connectivity index (χ0n) is 6.54. The van der Waals surface area contributed by atoms with Crippen LogP contribution in [-0.4, -0.2) is 10.5 Å². The second-order valence-corrected chi connectivity index (χ2v) is 6.37. The summed E-state index contributed by atoms with van der Waals surface area (Å²) in [6.45, 7) is 4.72. The van der Waals surface area contributed by atoms with Crippen molar-refractivity contribution < 1.29 is 0 Å². The lowest BCUT2D eigenvalue weighted by molar-refractivity contribution is 0.295. The van der Waals surface area contributed by atoms with E-state index in [-0.39, 0.29) is 0 Å². The van der Waals surface area contributed by atoms with Gasteiger partial charge in [-0.3, -0.25) is 0 Å². The Morgan fingerprint density at radius 2 is 2.00 bits per heavy atom. The van der Waals surface area contributed by atoms with Crippen LogP contribution in [0.5, 0.6) is 0 Å². The third-order valence-corrected chi connectivity index (χ3v) is 6.43. The monoisotopic (exact) mass is 174 g/mol. The first-order valence-corrected chi connectivity index (χ1v) is 6.39. The topological polar surface area (TPSA) is 0 Å². The van der Waals surface area contributed by atoms with E-state index in [1.807, 2.05) is 0 Å². The van der Waals surface area contributed by atoms with Crippen LogP contribution in [0.25, 0.3) is 0 Å². The van der Waals surface area contributed by atoms with Crippen LogP contribution in [0.15, 0.2) is 0 Å². The molecule has 1 aliphatic heterocycles. The van der Waals surface area contributed by atoms with E-state index < -0.39 is 0 Å². The van der Waals surface area contributed by atoms with Gasteiger partial charge < -0.3 is 0 Å². The fourth-order valence-electron chi connectivity index (χ4n) is 1.80. The Morgan fingerprint density at radius 1 is 1.20 bits per heavy atom. The molecular weight excluding hydrogens is 160 g/mol. The van der Waals surface area contributed by atoms with Crippen molar-refractivity contribution in [3.8, 4) is 0 Å². The van der Waals surface area contributed by atoms with Gasteiger partial charge in [-0.05, 0) is 24.7 Å². The molecule has 0 aromatic rings. The van der Waals surface area contributed by atoms with Crippen LogP contribution in [-0.2, 0) is 0 Å². The van der Waals surface area contributed by atoms with Crippen molar-refractivity contribution in [2.75, 3.05) is 0 Å². The van der Waals surface area contributed by atoms with Crippen LogP contribution >= 0.6 is 21.6 Å². The lowest BCUT2D eigenvalue weighted by Crippen LogP contribution is -2.33. The predicted molar refractivity (Wildman–Crippen MR) is 50.3 cm³/mol. The molecule has 1 aliphatic carbocycles. The van der Waals surface area contributed by atoms with Crippen molar-refractivity contribution in [3.63, 3.8) is 0 Å². The van der Waals surface area contributed by atoms with Crippen molar-refractivity contribution in [3.05, 3.63) is 0 Å². The summed E-state index contributed by atoms with van der Waals surface area (Å²) in [5, 5.41) is 2.01. The Balaban J connectivity index is 1.99. The maximum atomic E-state index is 2.36. The van der Waals surface area contributed by atoms with Crippen LogP contribution in [0.2, 0.25) is 0 Å². The fourth-order valence-corrected chi connectivity index (χ4v) is 6.17. The first-order chi connectivity index (χ1) is 4.79. The molecule has 0 nitrogen and oxygen atoms in total. The Hall–Kier alpha value is 0.700. The van der Waals surface area contributed by atoms with E-state index in [1.165, 1.54) is 12.8 Å². The molecule has 1 saturated heterocycles. The summed E-state index contributed by atoms with van der Waals surface area (Å²) in [4.78, 5) is 0. The number of hydrogen-bond acceptors (Lipinski definition) is 2. The van der Waals surface area contributed by atoms with Gasteiger partial charge in [0.2, 0.25) is 0 Å². The average Bonchev–Trinajstić information content (AvgIpc) is 2.07. The van der Waals surface area contributed by atoms with Crippen molar-refractivity contribution in [1.29, 1.82) is 0 Å². The lowest BCUT2D eigenvalue weighted by Gasteiger charge is -2.33. The predicted octanol–water partition coefficient (Wildman–Crippen LogP) is 3.18. The van der Waals surface area contributed by atoms with Crippen LogP contribution in [0.1, 0.15) is 26.7 Å². The summed E-state index contributed by atoms with van der Waals surface area (Å²) >= 11 is 0. The lowest BCUT2D eigenvalue weighted by atomic mass is 9.78. The average molecular weight is 174 g/mol. The summed E-state index contributed by atoms with van der Waals surface area (Å²) < 4.78 is 0. The van der Waals surface area contributed by atoms with E-state index in [0.717, 1.165) is 22.3 Å². The highest BCUT2D eigenvalue weighted by molar-refractivity contribution is 8.77. The molecule has 0 spiro atoms. The van der Waals surface area contributed by atoms with E-state index in [0.29, 0.717) is 0 Å². The molecule has 1 saturated carbocycles. The Bertz CT molecular complexity index is 133. The maximum Gasteiger partial charge on any atom is 0.0213 e. The largest absolute Gasteiger partial charge is 0.0901 e. The van der Waals surface area contributed by atoms with Gasteiger partial charge in [-0.2, -0.15) is 0 Å². The van der Waals surface area contributed by atoms with Crippen LogP contribution < -0.4 is 0 Å². The summed E-state index contributed by atoms with van der Waals surface area (Å²) in [5.41, 5.74) is 0. The summed E-state index contributed by atoms with van der Waals surface area (Å²) in [5.74, 6) is 1.97. The minimum absolute atomic E-state index is 0.896. The molecule has 0 aromatic carbocycles. The van der Waals surface area contributed by atoms with Crippen molar-refractivity contribution >= 4 is 21.6 Å². The highest BCUT2D eigenvalue weighted by atomic mass is 33.1. The van der Waals surface area contributed by atoms with Crippen molar-refractivity contribution in [1.82, 2.24) is 0 Å². The second-order valence-electron chi connectivity index (χ2n) is 3.68. The molecule has 2 fully saturated rings. The third kappa shape index (κ3) is 1.00. The normalized spacial score (nSPS) is 45.3. The minimum Gasteiger partial charge on any atom is -0.0901 e. The summed E-state index contributed by atoms with van der Waals surface area (Å²) in [6.07, 6.45) is 3.00. The number of rotatable bonds is 1.